The number of amides is 1. The summed E-state index contributed by atoms with van der Waals surface area (Å²) in [6.45, 7) is 0.158. The third kappa shape index (κ3) is 3.05. The zero-order valence-electron chi connectivity index (χ0n) is 14.8. The van der Waals surface area contributed by atoms with Crippen molar-refractivity contribution in [1.82, 2.24) is 14.5 Å². The number of nitrogens with one attached hydrogen (secondary N) is 2. The number of sulfonamides is 1. The predicted octanol–water partition coefficient (Wildman–Crippen LogP) is 2.14. The van der Waals surface area contributed by atoms with Gasteiger partial charge >= 0.3 is 0 Å². The van der Waals surface area contributed by atoms with Gasteiger partial charge in [0.2, 0.25) is 15.9 Å². The first kappa shape index (κ1) is 17.3. The van der Waals surface area contributed by atoms with Crippen LogP contribution in [0.1, 0.15) is 60.3 Å². The molecule has 0 saturated heterocycles. The van der Waals surface area contributed by atoms with Gasteiger partial charge < -0.3 is 9.73 Å². The molecule has 2 aromatic heterocycles. The number of hydrogen-bond acceptors (Lipinski definition) is 5. The summed E-state index contributed by atoms with van der Waals surface area (Å²) in [7, 11) is -1.78. The lowest BCUT2D eigenvalue weighted by atomic mass is 9.78. The molecule has 1 amide bonds. The molecule has 0 aromatic carbocycles. The summed E-state index contributed by atoms with van der Waals surface area (Å²) in [5.41, 5.74) is 2.09. The molecule has 3 heterocycles. The van der Waals surface area contributed by atoms with Crippen LogP contribution in [0.3, 0.4) is 0 Å². The Bertz CT molecular complexity index is 942. The maximum atomic E-state index is 12.1. The van der Waals surface area contributed by atoms with Gasteiger partial charge in [-0.15, -0.1) is 0 Å². The lowest BCUT2D eigenvalue weighted by Crippen LogP contribution is -2.25. The average molecular weight is 378 g/mol. The molecule has 140 valence electrons. The minimum atomic E-state index is -3.28. The maximum Gasteiger partial charge on any atom is 0.226 e. The van der Waals surface area contributed by atoms with Crippen LogP contribution in [0.25, 0.3) is 0 Å². The summed E-state index contributed by atoms with van der Waals surface area (Å²) in [5.74, 6) is 1.95. The molecular formula is C17H22N4O4S. The summed E-state index contributed by atoms with van der Waals surface area (Å²) in [6.07, 6.45) is 4.90. The van der Waals surface area contributed by atoms with Crippen LogP contribution in [0.4, 0.5) is 5.82 Å². The predicted molar refractivity (Wildman–Crippen MR) is 95.3 cm³/mol. The Balaban J connectivity index is 1.65. The van der Waals surface area contributed by atoms with Crippen molar-refractivity contribution in [3.8, 4) is 0 Å². The van der Waals surface area contributed by atoms with E-state index in [4.69, 9.17) is 4.42 Å². The molecule has 1 atom stereocenters. The highest BCUT2D eigenvalue weighted by atomic mass is 32.2. The number of hydrogen-bond donors (Lipinski definition) is 2. The zero-order chi connectivity index (χ0) is 18.5. The molecule has 0 bridgehead atoms. The van der Waals surface area contributed by atoms with E-state index >= 15 is 0 Å². The smallest absolute Gasteiger partial charge is 0.226 e. The third-order valence-corrected chi connectivity index (χ3v) is 6.57. The summed E-state index contributed by atoms with van der Waals surface area (Å²) < 4.78 is 30.3. The number of rotatable bonds is 5. The van der Waals surface area contributed by atoms with Crippen molar-refractivity contribution >= 4 is 21.7 Å². The molecule has 1 fully saturated rings. The van der Waals surface area contributed by atoms with Gasteiger partial charge in [0.15, 0.2) is 5.82 Å². The number of H-pyrrole nitrogens is 1. The van der Waals surface area contributed by atoms with Gasteiger partial charge in [-0.3, -0.25) is 9.89 Å². The van der Waals surface area contributed by atoms with Gasteiger partial charge in [0, 0.05) is 30.6 Å². The Morgan fingerprint density at radius 2 is 2.12 bits per heavy atom. The second kappa shape index (κ2) is 6.24. The van der Waals surface area contributed by atoms with E-state index in [2.05, 4.69) is 15.5 Å². The van der Waals surface area contributed by atoms with Crippen molar-refractivity contribution < 1.29 is 17.6 Å². The Morgan fingerprint density at radius 3 is 2.77 bits per heavy atom. The Labute approximate surface area is 152 Å². The van der Waals surface area contributed by atoms with E-state index in [0.29, 0.717) is 29.7 Å². The van der Waals surface area contributed by atoms with E-state index < -0.39 is 10.0 Å². The maximum absolute atomic E-state index is 12.1. The Morgan fingerprint density at radius 1 is 1.35 bits per heavy atom. The highest BCUT2D eigenvalue weighted by molar-refractivity contribution is 7.88. The van der Waals surface area contributed by atoms with Crippen molar-refractivity contribution in [3.05, 3.63) is 34.9 Å². The first-order chi connectivity index (χ1) is 12.3. The minimum absolute atomic E-state index is 0.0969. The number of anilines is 1. The van der Waals surface area contributed by atoms with Crippen LogP contribution in [-0.4, -0.2) is 42.1 Å². The SMILES string of the molecule is CN(Cc1ccc(C2CC(=O)Nc3n[nH]c(C4CCC4)c32)o1)S(C)(=O)=O. The fraction of sp³-hybridized carbons (Fsp3) is 0.529. The van der Waals surface area contributed by atoms with Crippen LogP contribution in [0.5, 0.6) is 0 Å². The van der Waals surface area contributed by atoms with Crippen molar-refractivity contribution in [2.24, 2.45) is 0 Å². The van der Waals surface area contributed by atoms with Crippen molar-refractivity contribution in [1.29, 1.82) is 0 Å². The van der Waals surface area contributed by atoms with Crippen LogP contribution >= 0.6 is 0 Å². The van der Waals surface area contributed by atoms with Gasteiger partial charge in [-0.2, -0.15) is 9.40 Å². The second-order valence-corrected chi connectivity index (χ2v) is 9.24. The van der Waals surface area contributed by atoms with Gasteiger partial charge in [0.25, 0.3) is 0 Å². The Hall–Kier alpha value is -2.13. The van der Waals surface area contributed by atoms with Crippen LogP contribution < -0.4 is 5.32 Å². The Kier molecular flexibility index (Phi) is 4.15. The number of carbonyl (C=O) groups is 1. The molecule has 0 spiro atoms. The summed E-state index contributed by atoms with van der Waals surface area (Å²) in [5, 5.41) is 10.2. The van der Waals surface area contributed by atoms with Crippen LogP contribution in [-0.2, 0) is 21.4 Å². The fourth-order valence-electron chi connectivity index (χ4n) is 3.54. The van der Waals surface area contributed by atoms with E-state index in [1.165, 1.54) is 17.8 Å². The standard InChI is InChI=1S/C17H22N4O4S/c1-21(26(2,23)24)9-11-6-7-13(25-11)12-8-14(22)18-17-15(12)16(19-20-17)10-4-3-5-10/h6-7,10,12H,3-5,8-9H2,1-2H3,(H2,18,19,20,22). The van der Waals surface area contributed by atoms with Crippen molar-refractivity contribution in [3.63, 3.8) is 0 Å². The number of carbonyl (C=O) groups excluding carboxylic acids is 1. The number of furan rings is 1. The molecule has 26 heavy (non-hydrogen) atoms. The monoisotopic (exact) mass is 378 g/mol. The number of nitrogens with zero attached hydrogens (tertiary/aromatic N) is 2. The molecular weight excluding hydrogens is 356 g/mol. The highest BCUT2D eigenvalue weighted by Gasteiger charge is 2.36. The van der Waals surface area contributed by atoms with Gasteiger partial charge in [0.05, 0.1) is 18.7 Å². The zero-order valence-corrected chi connectivity index (χ0v) is 15.6. The second-order valence-electron chi connectivity index (χ2n) is 7.16. The summed E-state index contributed by atoms with van der Waals surface area (Å²) >= 11 is 0. The van der Waals surface area contributed by atoms with E-state index in [9.17, 15) is 13.2 Å². The first-order valence-corrected chi connectivity index (χ1v) is 10.6. The molecule has 8 nitrogen and oxygen atoms in total. The largest absolute Gasteiger partial charge is 0.464 e. The van der Waals surface area contributed by atoms with Gasteiger partial charge in [-0.05, 0) is 25.0 Å². The van der Waals surface area contributed by atoms with E-state index in [0.717, 1.165) is 30.4 Å². The van der Waals surface area contributed by atoms with E-state index in [1.54, 1.807) is 6.07 Å². The lowest BCUT2D eigenvalue weighted by Gasteiger charge is -2.28. The normalized spacial score (nSPS) is 20.7. The van der Waals surface area contributed by atoms with Crippen LogP contribution in [0, 0.1) is 0 Å². The number of aromatic amines is 1. The minimum Gasteiger partial charge on any atom is -0.464 e. The number of aromatic nitrogens is 2. The molecule has 2 aromatic rings. The van der Waals surface area contributed by atoms with Crippen molar-refractivity contribution in [2.45, 2.75) is 44.1 Å². The molecule has 1 aliphatic carbocycles. The number of fused-ring (bicyclic) bond motifs is 1. The molecule has 0 radical (unpaired) electrons. The highest BCUT2D eigenvalue weighted by Crippen LogP contribution is 2.45. The average Bonchev–Trinajstić information content (AvgIpc) is 3.11. The topological polar surface area (TPSA) is 108 Å². The molecule has 4 rings (SSSR count). The summed E-state index contributed by atoms with van der Waals surface area (Å²) in [6, 6.07) is 3.60. The quantitative estimate of drug-likeness (QED) is 0.829. The third-order valence-electron chi connectivity index (χ3n) is 5.31. The first-order valence-electron chi connectivity index (χ1n) is 8.71. The molecule has 1 aliphatic heterocycles. The summed E-state index contributed by atoms with van der Waals surface area (Å²) in [4.78, 5) is 12.1. The molecule has 2 N–H and O–H groups in total. The fourth-order valence-corrected chi connectivity index (χ4v) is 3.90. The molecule has 2 aliphatic rings. The van der Waals surface area contributed by atoms with E-state index in [-0.39, 0.29) is 18.4 Å². The molecule has 9 heteroatoms. The lowest BCUT2D eigenvalue weighted by molar-refractivity contribution is -0.116. The van der Waals surface area contributed by atoms with Crippen LogP contribution in [0.2, 0.25) is 0 Å². The molecule has 1 unspecified atom stereocenters. The van der Waals surface area contributed by atoms with Crippen LogP contribution in [0.15, 0.2) is 16.5 Å². The van der Waals surface area contributed by atoms with E-state index in [1.807, 2.05) is 6.07 Å². The van der Waals surface area contributed by atoms with Gasteiger partial charge in [-0.25, -0.2) is 8.42 Å². The van der Waals surface area contributed by atoms with Crippen molar-refractivity contribution in [2.75, 3.05) is 18.6 Å². The van der Waals surface area contributed by atoms with Gasteiger partial charge in [-0.1, -0.05) is 6.42 Å². The van der Waals surface area contributed by atoms with Gasteiger partial charge in [0.1, 0.15) is 11.5 Å². The molecule has 1 saturated carbocycles.